The first-order chi connectivity index (χ1) is 14.3. The van der Waals surface area contributed by atoms with Crippen molar-refractivity contribution in [1.29, 1.82) is 0 Å². The number of halogens is 1. The van der Waals surface area contributed by atoms with E-state index in [1.165, 1.54) is 17.3 Å². The molecule has 3 aliphatic heterocycles. The van der Waals surface area contributed by atoms with Gasteiger partial charge in [-0.15, -0.1) is 0 Å². The normalized spacial score (nSPS) is 25.8. The lowest BCUT2D eigenvalue weighted by molar-refractivity contribution is 0.129. The van der Waals surface area contributed by atoms with E-state index >= 15 is 0 Å². The molecule has 4 heterocycles. The van der Waals surface area contributed by atoms with Gasteiger partial charge in [-0.1, -0.05) is 0 Å². The molecule has 5 rings (SSSR count). The van der Waals surface area contributed by atoms with Crippen LogP contribution in [0.4, 0.5) is 20.6 Å². The Bertz CT molecular complexity index is 938. The van der Waals surface area contributed by atoms with Gasteiger partial charge >= 0.3 is 6.09 Å². The molecule has 0 saturated carbocycles. The summed E-state index contributed by atoms with van der Waals surface area (Å²) in [6, 6.07) is 4.82. The summed E-state index contributed by atoms with van der Waals surface area (Å²) in [5.41, 5.74) is 0.972. The van der Waals surface area contributed by atoms with Crippen LogP contribution < -0.4 is 9.80 Å². The summed E-state index contributed by atoms with van der Waals surface area (Å²) in [7, 11) is -2.37. The molecule has 30 heavy (non-hydrogen) atoms. The molecule has 3 fully saturated rings. The second-order valence-electron chi connectivity index (χ2n) is 8.45. The minimum atomic E-state index is -2.37. The molecule has 1 spiro atoms. The van der Waals surface area contributed by atoms with E-state index in [9.17, 15) is 18.3 Å². The Balaban J connectivity index is 1.24. The third-order valence-electron chi connectivity index (χ3n) is 6.21. The SMILES string of the molecule is O=C1O[C@@H](Cn2cncn2)CN1c1ccc(N2CCC3(CC2)CS(O)(O)C3)c(F)c1. The molecule has 9 nitrogen and oxygen atoms in total. The first-order valence-electron chi connectivity index (χ1n) is 9.91. The fraction of sp³-hybridized carbons (Fsp3) is 0.526. The summed E-state index contributed by atoms with van der Waals surface area (Å²) >= 11 is 0. The molecule has 1 aromatic heterocycles. The number of carbonyl (C=O) groups excluding carboxylic acids is 1. The lowest BCUT2D eigenvalue weighted by Gasteiger charge is -2.58. The van der Waals surface area contributed by atoms with Gasteiger partial charge in [-0.3, -0.25) is 14.0 Å². The van der Waals surface area contributed by atoms with Crippen molar-refractivity contribution < 1.29 is 23.0 Å². The topological polar surface area (TPSA) is 104 Å². The van der Waals surface area contributed by atoms with Crippen LogP contribution in [0.15, 0.2) is 30.9 Å². The number of carbonyl (C=O) groups is 1. The van der Waals surface area contributed by atoms with Crippen LogP contribution in [0, 0.1) is 11.2 Å². The zero-order chi connectivity index (χ0) is 20.9. The number of ether oxygens (including phenoxy) is 1. The summed E-state index contributed by atoms with van der Waals surface area (Å²) in [6.07, 6.45) is 3.74. The lowest BCUT2D eigenvalue weighted by Crippen LogP contribution is -2.52. The predicted octanol–water partition coefficient (Wildman–Crippen LogP) is 2.79. The Kier molecular flexibility index (Phi) is 4.64. The molecule has 1 atom stereocenters. The molecule has 2 N–H and O–H groups in total. The molecule has 3 aliphatic rings. The minimum absolute atomic E-state index is 0.00413. The summed E-state index contributed by atoms with van der Waals surface area (Å²) in [5.74, 6) is 0.568. The second-order valence-corrected chi connectivity index (χ2v) is 10.6. The van der Waals surface area contributed by atoms with Gasteiger partial charge in [-0.2, -0.15) is 15.7 Å². The van der Waals surface area contributed by atoms with Crippen LogP contribution in [-0.2, 0) is 11.3 Å². The van der Waals surface area contributed by atoms with Crippen molar-refractivity contribution in [2.24, 2.45) is 5.41 Å². The molecule has 0 radical (unpaired) electrons. The van der Waals surface area contributed by atoms with Crippen molar-refractivity contribution in [1.82, 2.24) is 14.8 Å². The average Bonchev–Trinajstić information content (AvgIpc) is 3.31. The van der Waals surface area contributed by atoms with Crippen molar-refractivity contribution in [2.75, 3.05) is 40.9 Å². The fourth-order valence-electron chi connectivity index (χ4n) is 4.73. The third kappa shape index (κ3) is 3.61. The molecule has 0 unspecified atom stereocenters. The van der Waals surface area contributed by atoms with Gasteiger partial charge in [0.25, 0.3) is 0 Å². The monoisotopic (exact) mass is 437 g/mol. The van der Waals surface area contributed by atoms with Crippen molar-refractivity contribution in [3.8, 4) is 0 Å². The fourth-order valence-corrected chi connectivity index (χ4v) is 7.19. The van der Waals surface area contributed by atoms with Gasteiger partial charge in [0, 0.05) is 30.0 Å². The molecule has 3 saturated heterocycles. The summed E-state index contributed by atoms with van der Waals surface area (Å²) in [4.78, 5) is 19.6. The standard InChI is InChI=1S/C19H24FN5O4S/c20-16-7-14(25-9-15(29-18(25)26)8-24-13-21-12-22-24)1-2-17(16)23-5-3-19(4-6-23)10-30(27,28)11-19/h1-2,7,12-13,15,27-28H,3-6,8-11H2/t15-/m0/s1. The highest BCUT2D eigenvalue weighted by Crippen LogP contribution is 2.62. The molecule has 11 heteroatoms. The summed E-state index contributed by atoms with van der Waals surface area (Å²) in [6.45, 7) is 2.06. The van der Waals surface area contributed by atoms with Crippen molar-refractivity contribution in [2.45, 2.75) is 25.5 Å². The van der Waals surface area contributed by atoms with E-state index in [4.69, 9.17) is 4.74 Å². The van der Waals surface area contributed by atoms with Crippen LogP contribution in [0.3, 0.4) is 0 Å². The maximum Gasteiger partial charge on any atom is 0.414 e. The van der Waals surface area contributed by atoms with E-state index in [1.807, 2.05) is 4.90 Å². The molecule has 1 amide bonds. The minimum Gasteiger partial charge on any atom is -0.442 e. The maximum atomic E-state index is 14.9. The van der Waals surface area contributed by atoms with Crippen molar-refractivity contribution >= 4 is 28.1 Å². The first kappa shape index (κ1) is 19.6. The van der Waals surface area contributed by atoms with Gasteiger partial charge in [0.15, 0.2) is 0 Å². The molecule has 0 aliphatic carbocycles. The second kappa shape index (κ2) is 7.10. The van der Waals surface area contributed by atoms with Crippen LogP contribution in [-0.4, -0.2) is 67.2 Å². The Morgan fingerprint density at radius 1 is 1.27 bits per heavy atom. The molecule has 1 aromatic carbocycles. The molecule has 0 bridgehead atoms. The highest BCUT2D eigenvalue weighted by atomic mass is 32.3. The van der Waals surface area contributed by atoms with Crippen LogP contribution in [0.25, 0.3) is 0 Å². The van der Waals surface area contributed by atoms with Gasteiger partial charge in [0.1, 0.15) is 24.6 Å². The smallest absolute Gasteiger partial charge is 0.414 e. The van der Waals surface area contributed by atoms with Gasteiger partial charge in [-0.25, -0.2) is 18.9 Å². The number of benzene rings is 1. The molecule has 2 aromatic rings. The van der Waals surface area contributed by atoms with E-state index in [-0.39, 0.29) is 17.3 Å². The number of cyclic esters (lactones) is 1. The number of aromatic nitrogens is 3. The number of nitrogens with zero attached hydrogens (tertiary/aromatic N) is 5. The van der Waals surface area contributed by atoms with Gasteiger partial charge in [-0.05, 0) is 31.0 Å². The number of piperidine rings is 1. The van der Waals surface area contributed by atoms with E-state index in [2.05, 4.69) is 10.1 Å². The van der Waals surface area contributed by atoms with Gasteiger partial charge in [0.05, 0.1) is 24.5 Å². The van der Waals surface area contributed by atoms with Crippen LogP contribution in [0.2, 0.25) is 0 Å². The van der Waals surface area contributed by atoms with Crippen LogP contribution >= 0.6 is 10.6 Å². The Morgan fingerprint density at radius 3 is 2.67 bits per heavy atom. The van der Waals surface area contributed by atoms with E-state index < -0.39 is 16.7 Å². The van der Waals surface area contributed by atoms with E-state index in [0.29, 0.717) is 49.1 Å². The largest absolute Gasteiger partial charge is 0.442 e. The van der Waals surface area contributed by atoms with E-state index in [1.54, 1.807) is 23.1 Å². The number of anilines is 2. The van der Waals surface area contributed by atoms with Crippen molar-refractivity contribution in [3.05, 3.63) is 36.7 Å². The number of hydrogen-bond donors (Lipinski definition) is 2. The average molecular weight is 437 g/mol. The van der Waals surface area contributed by atoms with Crippen LogP contribution in [0.5, 0.6) is 0 Å². The van der Waals surface area contributed by atoms with E-state index in [0.717, 1.165) is 12.8 Å². The predicted molar refractivity (Wildman–Crippen MR) is 110 cm³/mol. The third-order valence-corrected chi connectivity index (χ3v) is 8.36. The number of hydrogen-bond acceptors (Lipinski definition) is 7. The van der Waals surface area contributed by atoms with Gasteiger partial charge in [0.2, 0.25) is 0 Å². The Morgan fingerprint density at radius 2 is 2.03 bits per heavy atom. The zero-order valence-corrected chi connectivity index (χ0v) is 17.2. The molecular formula is C19H24FN5O4S. The maximum absolute atomic E-state index is 14.9. The summed E-state index contributed by atoms with van der Waals surface area (Å²) < 4.78 is 41.3. The first-order valence-corrected chi connectivity index (χ1v) is 11.8. The summed E-state index contributed by atoms with van der Waals surface area (Å²) in [5, 5.41) is 4.01. The zero-order valence-electron chi connectivity index (χ0n) is 16.4. The number of rotatable bonds is 4. The molecule has 162 valence electrons. The van der Waals surface area contributed by atoms with Crippen LogP contribution in [0.1, 0.15) is 12.8 Å². The van der Waals surface area contributed by atoms with Gasteiger partial charge < -0.3 is 9.64 Å². The lowest BCUT2D eigenvalue weighted by atomic mass is 9.81. The quantitative estimate of drug-likeness (QED) is 0.758. The highest BCUT2D eigenvalue weighted by Gasteiger charge is 2.49. The Hall–Kier alpha value is -2.37. The Labute approximate surface area is 174 Å². The molecular weight excluding hydrogens is 413 g/mol. The van der Waals surface area contributed by atoms with Crippen molar-refractivity contribution in [3.63, 3.8) is 0 Å². The highest BCUT2D eigenvalue weighted by molar-refractivity contribution is 8.25. The number of amides is 1.